The molecule has 0 radical (unpaired) electrons. The van der Waals surface area contributed by atoms with Gasteiger partial charge in [0.05, 0.1) is 57.8 Å². The summed E-state index contributed by atoms with van der Waals surface area (Å²) in [5.41, 5.74) is 5.39. The zero-order valence-corrected chi connectivity index (χ0v) is 41.4. The molecule has 1 aromatic carbocycles. The number of anilines is 2. The highest BCUT2D eigenvalue weighted by atomic mass is 35.5. The number of para-hydroxylation sites is 1. The van der Waals surface area contributed by atoms with Crippen molar-refractivity contribution in [1.82, 2.24) is 30.2 Å². The highest BCUT2D eigenvalue weighted by Gasteiger charge is 2.30. The van der Waals surface area contributed by atoms with Gasteiger partial charge in [-0.1, -0.05) is 67.0 Å². The highest BCUT2D eigenvalue weighted by Crippen LogP contribution is 2.30. The van der Waals surface area contributed by atoms with E-state index in [1.165, 1.54) is 0 Å². The maximum atomic E-state index is 12.4. The molecule has 0 aliphatic carbocycles. The molecule has 0 saturated heterocycles. The van der Waals surface area contributed by atoms with Crippen molar-refractivity contribution in [2.45, 2.75) is 58.4 Å². The molecule has 4 aromatic heterocycles. The first-order chi connectivity index (χ1) is 33.0. The molecule has 15 nitrogen and oxygen atoms in total. The van der Waals surface area contributed by atoms with Crippen LogP contribution in [0.15, 0.2) is 104 Å². The number of aryl methyl sites for hydroxylation is 1. The Bertz CT molecular complexity index is 2460. The van der Waals surface area contributed by atoms with Crippen LogP contribution < -0.4 is 20.7 Å². The Balaban J connectivity index is 0.000000359. The number of aliphatic hydroxyl groups is 4. The minimum Gasteiger partial charge on any atom is -0.410 e. The number of carbonyl (C=O) groups is 2. The minimum atomic E-state index is -4.46. The third-order valence-corrected chi connectivity index (χ3v) is 10.3. The van der Waals surface area contributed by atoms with Crippen LogP contribution in [0.5, 0.6) is 5.75 Å². The molecule has 6 heterocycles. The second-order valence-electron chi connectivity index (χ2n) is 15.0. The Morgan fingerprint density at radius 1 is 0.789 bits per heavy atom. The van der Waals surface area contributed by atoms with Gasteiger partial charge in [-0.2, -0.15) is 13.2 Å². The van der Waals surface area contributed by atoms with E-state index >= 15 is 0 Å². The largest absolute Gasteiger partial charge is 0.418 e. The summed E-state index contributed by atoms with van der Waals surface area (Å²) in [5, 5.41) is 46.2. The van der Waals surface area contributed by atoms with Gasteiger partial charge in [0, 0.05) is 57.3 Å². The molecular weight excluding hydrogens is 1030 g/mol. The van der Waals surface area contributed by atoms with Crippen molar-refractivity contribution in [3.05, 3.63) is 147 Å². The van der Waals surface area contributed by atoms with Gasteiger partial charge in [-0.05, 0) is 96.6 Å². The number of nitrogens with zero attached hydrogens (tertiary/aromatic N) is 5. The first kappa shape index (κ1) is 62.0. The molecule has 0 spiro atoms. The Labute approximate surface area is 436 Å². The maximum Gasteiger partial charge on any atom is 0.418 e. The monoisotopic (exact) mass is 1090 g/mol. The van der Waals surface area contributed by atoms with Crippen molar-refractivity contribution in [2.24, 2.45) is 0 Å². The number of hydrogen-bond donors (Lipinski definition) is 7. The number of nitrogens with one attached hydrogen (secondary N) is 3. The first-order valence-corrected chi connectivity index (χ1v) is 23.0. The predicted octanol–water partition coefficient (Wildman–Crippen LogP) is 9.85. The molecule has 0 fully saturated rings. The lowest BCUT2D eigenvalue weighted by Crippen LogP contribution is -2.38. The number of alkyl halides is 5. The van der Waals surface area contributed by atoms with Crippen molar-refractivity contribution >= 4 is 93.7 Å². The van der Waals surface area contributed by atoms with E-state index in [0.29, 0.717) is 65.9 Å². The standard InChI is InChI=1S/C20H23ClN4O3.C13H17ClN2O2.C13H9F3N2O2.CH2Cl2.CH4.ClH/c1-13-2-3-18(22-10-13)24-20(28)25-6-4-15(5-7-25)19-17(21)9-14(11-23-19)8-16(27)12-26;14-12-6-9(5-11(18)8-17)7-16-13(12)10-1-3-15-4-2-10;14-13(15,16)9-6-7-11(17-8-9)18-12(19)20-10-4-2-1-3-5-10;2-1-3;;/h2-4,9-11,16,26-27H,5-8,12H2,1H3,(H,22,24,28);1,6-7,11,15,17-18H,2-5,8H2;1-8H,(H,17,18,19);1H2;1H4;1H/t16-;11-;;;;/m11..../s1. The van der Waals surface area contributed by atoms with Crippen LogP contribution >= 0.6 is 58.8 Å². The number of benzene rings is 1. The molecule has 0 unspecified atom stereocenters. The van der Waals surface area contributed by atoms with Gasteiger partial charge in [-0.15, -0.1) is 35.6 Å². The van der Waals surface area contributed by atoms with Crippen molar-refractivity contribution in [1.29, 1.82) is 0 Å². The van der Waals surface area contributed by atoms with Gasteiger partial charge in [0.15, 0.2) is 0 Å². The number of hydrogen-bond acceptors (Lipinski definition) is 12. The molecule has 2 atom stereocenters. The molecule has 2 aliphatic heterocycles. The van der Waals surface area contributed by atoms with Gasteiger partial charge in [-0.3, -0.25) is 20.6 Å². The summed E-state index contributed by atoms with van der Waals surface area (Å²) in [7, 11) is 0. The van der Waals surface area contributed by atoms with E-state index in [1.807, 2.05) is 25.1 Å². The van der Waals surface area contributed by atoms with Crippen LogP contribution in [0.1, 0.15) is 53.9 Å². The molecule has 2 aliphatic rings. The first-order valence-electron chi connectivity index (χ1n) is 21.2. The minimum absolute atomic E-state index is 0. The Morgan fingerprint density at radius 2 is 1.34 bits per heavy atom. The van der Waals surface area contributed by atoms with E-state index < -0.39 is 30.0 Å². The summed E-state index contributed by atoms with van der Waals surface area (Å²) in [4.78, 5) is 42.0. The van der Waals surface area contributed by atoms with E-state index in [1.54, 1.807) is 66.0 Å². The third-order valence-electron chi connectivity index (χ3n) is 9.75. The van der Waals surface area contributed by atoms with Crippen LogP contribution in [0.2, 0.25) is 10.0 Å². The van der Waals surface area contributed by atoms with Gasteiger partial charge in [-0.25, -0.2) is 19.6 Å². The van der Waals surface area contributed by atoms with Crippen LogP contribution in [0.4, 0.5) is 34.4 Å². The summed E-state index contributed by atoms with van der Waals surface area (Å²) >= 11 is 22.1. The molecule has 7 N–H and O–H groups in total. The van der Waals surface area contributed by atoms with E-state index in [9.17, 15) is 33.0 Å². The molecule has 5 aromatic rings. The van der Waals surface area contributed by atoms with Crippen LogP contribution in [0.3, 0.4) is 0 Å². The fourth-order valence-corrected chi connectivity index (χ4v) is 6.94. The molecule has 23 heteroatoms. The lowest BCUT2D eigenvalue weighted by atomic mass is 10.0. The Hall–Kier alpha value is -5.12. The molecule has 3 amide bonds. The lowest BCUT2D eigenvalue weighted by molar-refractivity contribution is -0.137. The summed E-state index contributed by atoms with van der Waals surface area (Å²) < 4.78 is 41.9. The van der Waals surface area contributed by atoms with Crippen molar-refractivity contribution in [2.75, 3.05) is 55.4 Å². The molecule has 0 saturated carbocycles. The van der Waals surface area contributed by atoms with Crippen LogP contribution in [-0.2, 0) is 19.0 Å². The normalized spacial score (nSPS) is 13.7. The fraction of sp³-hybridized carbons (Fsp3) is 0.333. The third kappa shape index (κ3) is 21.6. The average Bonchev–Trinajstić information content (AvgIpc) is 3.33. The van der Waals surface area contributed by atoms with E-state index in [0.717, 1.165) is 65.2 Å². The fourth-order valence-electron chi connectivity index (χ4n) is 6.32. The highest BCUT2D eigenvalue weighted by molar-refractivity contribution is 6.40. The van der Waals surface area contributed by atoms with Crippen LogP contribution in [0, 0.1) is 6.92 Å². The quantitative estimate of drug-likeness (QED) is 0.0616. The predicted molar refractivity (Wildman–Crippen MR) is 276 cm³/mol. The number of ether oxygens (including phenoxy) is 1. The van der Waals surface area contributed by atoms with Gasteiger partial charge < -0.3 is 35.4 Å². The van der Waals surface area contributed by atoms with Gasteiger partial charge in [0.1, 0.15) is 17.4 Å². The number of carbonyl (C=O) groups excluding carboxylic acids is 2. The number of amides is 3. The number of aliphatic hydroxyl groups excluding tert-OH is 4. The topological polar surface area (TPSA) is 215 Å². The van der Waals surface area contributed by atoms with E-state index in [-0.39, 0.29) is 50.2 Å². The molecule has 0 bridgehead atoms. The molecule has 7 rings (SSSR count). The Morgan fingerprint density at radius 3 is 1.79 bits per heavy atom. The van der Waals surface area contributed by atoms with Crippen LogP contribution in [-0.4, -0.2) is 114 Å². The van der Waals surface area contributed by atoms with Gasteiger partial charge in [0.2, 0.25) is 0 Å². The van der Waals surface area contributed by atoms with Crippen molar-refractivity contribution in [3.8, 4) is 5.75 Å². The molecule has 386 valence electrons. The van der Waals surface area contributed by atoms with Gasteiger partial charge >= 0.3 is 18.3 Å². The van der Waals surface area contributed by atoms with Crippen molar-refractivity contribution in [3.63, 3.8) is 0 Å². The van der Waals surface area contributed by atoms with Crippen LogP contribution in [0.25, 0.3) is 11.1 Å². The zero-order valence-electron chi connectivity index (χ0n) is 37.6. The second kappa shape index (κ2) is 32.1. The number of halogens is 8. The summed E-state index contributed by atoms with van der Waals surface area (Å²) in [6, 6.07) is 17.2. The number of pyridine rings is 4. The smallest absolute Gasteiger partial charge is 0.410 e. The summed E-state index contributed by atoms with van der Waals surface area (Å²) in [5.74, 6) is 0.812. The Kier molecular flexibility index (Phi) is 28.0. The summed E-state index contributed by atoms with van der Waals surface area (Å²) in [6.07, 6.45) is 5.10. The number of rotatable bonds is 11. The van der Waals surface area contributed by atoms with E-state index in [4.69, 9.17) is 61.4 Å². The molecular formula is C48H56Cl5F3N8O7. The number of aromatic nitrogens is 4. The number of urea groups is 1. The SMILES string of the molecule is C.Cc1ccc(NC(=O)N2CC=C(c3ncc(C[C@@H](O)CO)cc3Cl)CC2)nc1.Cl.ClCCl.O=C(Nc1ccc(C(F)(F)F)cn1)Oc1ccccc1.OC[C@H](O)Cc1cnc(C2=CCNCC2)c(Cl)c1. The van der Waals surface area contributed by atoms with Crippen molar-refractivity contribution < 1.29 is 47.9 Å². The molecule has 71 heavy (non-hydrogen) atoms. The van der Waals surface area contributed by atoms with Gasteiger partial charge in [0.25, 0.3) is 0 Å². The zero-order chi connectivity index (χ0) is 50.3. The second-order valence-corrected chi connectivity index (χ2v) is 16.7. The summed E-state index contributed by atoms with van der Waals surface area (Å²) in [6.45, 7) is 4.17. The van der Waals surface area contributed by atoms with E-state index in [2.05, 4.69) is 42.0 Å². The maximum absolute atomic E-state index is 12.4. The lowest BCUT2D eigenvalue weighted by Gasteiger charge is -2.26. The average molecular weight is 1090 g/mol.